The SMILES string of the molecule is CCCCNC(=O)C(c1cccc(O)c1)N(C(=O)C(CC(C)C)NC(=O)OC(C)(C)C)C(C)(C)C. The number of hydrogen-bond donors (Lipinski definition) is 3. The maximum Gasteiger partial charge on any atom is 0.408 e. The number of carbonyl (C=O) groups is 3. The molecule has 0 aliphatic rings. The Morgan fingerprint density at radius 3 is 2.20 bits per heavy atom. The Bertz CT molecular complexity index is 855. The van der Waals surface area contributed by atoms with E-state index in [4.69, 9.17) is 4.74 Å². The fourth-order valence-corrected chi connectivity index (χ4v) is 3.75. The minimum atomic E-state index is -0.999. The summed E-state index contributed by atoms with van der Waals surface area (Å²) >= 11 is 0. The summed E-state index contributed by atoms with van der Waals surface area (Å²) in [5, 5.41) is 15.8. The predicted octanol–water partition coefficient (Wildman–Crippen LogP) is 4.92. The molecule has 2 atom stereocenters. The van der Waals surface area contributed by atoms with E-state index in [2.05, 4.69) is 10.6 Å². The van der Waals surface area contributed by atoms with Gasteiger partial charge in [-0.05, 0) is 78.0 Å². The molecule has 198 valence electrons. The molecule has 0 saturated heterocycles. The first-order chi connectivity index (χ1) is 16.1. The Morgan fingerprint density at radius 2 is 1.71 bits per heavy atom. The van der Waals surface area contributed by atoms with Crippen LogP contribution in [0, 0.1) is 5.92 Å². The average molecular weight is 492 g/mol. The van der Waals surface area contributed by atoms with Crippen molar-refractivity contribution in [1.29, 1.82) is 0 Å². The lowest BCUT2D eigenvalue weighted by Crippen LogP contribution is -2.58. The fourth-order valence-electron chi connectivity index (χ4n) is 3.75. The van der Waals surface area contributed by atoms with Gasteiger partial charge in [-0.25, -0.2) is 4.79 Å². The van der Waals surface area contributed by atoms with Gasteiger partial charge in [-0.3, -0.25) is 9.59 Å². The second kappa shape index (κ2) is 12.8. The molecule has 8 nitrogen and oxygen atoms in total. The maximum absolute atomic E-state index is 14.1. The molecule has 0 saturated carbocycles. The van der Waals surface area contributed by atoms with Crippen LogP contribution < -0.4 is 10.6 Å². The molecule has 1 aromatic carbocycles. The molecule has 3 amide bonds. The van der Waals surface area contributed by atoms with Gasteiger partial charge in [0.25, 0.3) is 0 Å². The number of ether oxygens (including phenoxy) is 1. The molecule has 0 aliphatic carbocycles. The molecule has 3 N–H and O–H groups in total. The van der Waals surface area contributed by atoms with Gasteiger partial charge in [0, 0.05) is 12.1 Å². The fraction of sp³-hybridized carbons (Fsp3) is 0.667. The first kappa shape index (κ1) is 30.3. The zero-order chi connectivity index (χ0) is 27.0. The van der Waals surface area contributed by atoms with Crippen LogP contribution in [0.4, 0.5) is 4.79 Å². The van der Waals surface area contributed by atoms with Crippen LogP contribution in [0.25, 0.3) is 0 Å². The predicted molar refractivity (Wildman–Crippen MR) is 138 cm³/mol. The van der Waals surface area contributed by atoms with Crippen molar-refractivity contribution in [3.63, 3.8) is 0 Å². The smallest absolute Gasteiger partial charge is 0.408 e. The summed E-state index contributed by atoms with van der Waals surface area (Å²) in [6.07, 6.45) is 1.40. The van der Waals surface area contributed by atoms with E-state index in [1.807, 2.05) is 41.5 Å². The van der Waals surface area contributed by atoms with E-state index in [-0.39, 0.29) is 17.6 Å². The van der Waals surface area contributed by atoms with E-state index >= 15 is 0 Å². The molecule has 2 unspecified atom stereocenters. The number of rotatable bonds is 10. The largest absolute Gasteiger partial charge is 0.508 e. The summed E-state index contributed by atoms with van der Waals surface area (Å²) in [5.41, 5.74) is -1.01. The van der Waals surface area contributed by atoms with Crippen molar-refractivity contribution in [1.82, 2.24) is 15.5 Å². The maximum atomic E-state index is 14.1. The third-order valence-electron chi connectivity index (χ3n) is 5.18. The van der Waals surface area contributed by atoms with Gasteiger partial charge in [0.15, 0.2) is 0 Å². The van der Waals surface area contributed by atoms with Crippen molar-refractivity contribution in [2.75, 3.05) is 6.54 Å². The van der Waals surface area contributed by atoms with Crippen molar-refractivity contribution in [3.05, 3.63) is 29.8 Å². The first-order valence-electron chi connectivity index (χ1n) is 12.5. The number of nitrogens with zero attached hydrogens (tertiary/aromatic N) is 1. The summed E-state index contributed by atoms with van der Waals surface area (Å²) in [6, 6.07) is 4.48. The standard InChI is InChI=1S/C27H45N3O5/c1-10-11-15-28-23(32)22(19-13-12-14-20(31)17-19)30(26(4,5)6)24(33)21(16-18(2)3)29-25(34)35-27(7,8)9/h12-14,17-18,21-22,31H,10-11,15-16H2,1-9H3,(H,28,32)(H,29,34). The number of hydrogen-bond acceptors (Lipinski definition) is 5. The molecule has 0 aromatic heterocycles. The zero-order valence-electron chi connectivity index (χ0n) is 22.9. The second-order valence-electron chi connectivity index (χ2n) is 11.3. The van der Waals surface area contributed by atoms with Crippen molar-refractivity contribution in [2.24, 2.45) is 5.92 Å². The highest BCUT2D eigenvalue weighted by atomic mass is 16.6. The quantitative estimate of drug-likeness (QED) is 0.403. The third-order valence-corrected chi connectivity index (χ3v) is 5.18. The number of carbonyl (C=O) groups excluding carboxylic acids is 3. The Morgan fingerprint density at radius 1 is 1.09 bits per heavy atom. The molecular weight excluding hydrogens is 446 g/mol. The highest BCUT2D eigenvalue weighted by Crippen LogP contribution is 2.32. The van der Waals surface area contributed by atoms with Crippen LogP contribution in [0.1, 0.15) is 93.2 Å². The number of unbranched alkanes of at least 4 members (excludes halogenated alkanes) is 1. The van der Waals surface area contributed by atoms with E-state index in [1.54, 1.807) is 32.9 Å². The molecule has 0 spiro atoms. The van der Waals surface area contributed by atoms with E-state index < -0.39 is 35.2 Å². The molecule has 0 heterocycles. The minimum absolute atomic E-state index is 0.000719. The monoisotopic (exact) mass is 491 g/mol. The summed E-state index contributed by atoms with van der Waals surface area (Å²) in [6.45, 7) is 17.2. The lowest BCUT2D eigenvalue weighted by atomic mass is 9.93. The van der Waals surface area contributed by atoms with Crippen LogP contribution in [0.2, 0.25) is 0 Å². The van der Waals surface area contributed by atoms with Gasteiger partial charge in [-0.2, -0.15) is 0 Å². The Balaban J connectivity index is 3.51. The van der Waals surface area contributed by atoms with Crippen LogP contribution in [-0.2, 0) is 14.3 Å². The molecule has 35 heavy (non-hydrogen) atoms. The molecule has 0 aliphatic heterocycles. The molecule has 8 heteroatoms. The van der Waals surface area contributed by atoms with Crippen molar-refractivity contribution < 1.29 is 24.2 Å². The van der Waals surface area contributed by atoms with E-state index in [0.29, 0.717) is 18.5 Å². The van der Waals surface area contributed by atoms with Crippen molar-refractivity contribution >= 4 is 17.9 Å². The lowest BCUT2D eigenvalue weighted by Gasteiger charge is -2.43. The number of aromatic hydroxyl groups is 1. The third kappa shape index (κ3) is 10.2. The van der Waals surface area contributed by atoms with E-state index in [9.17, 15) is 19.5 Å². The minimum Gasteiger partial charge on any atom is -0.508 e. The average Bonchev–Trinajstić information content (AvgIpc) is 2.68. The summed E-state index contributed by atoms with van der Waals surface area (Å²) < 4.78 is 5.41. The summed E-state index contributed by atoms with van der Waals surface area (Å²) in [5.74, 6) is -0.636. The van der Waals surface area contributed by atoms with Gasteiger partial charge in [0.2, 0.25) is 11.8 Å². The van der Waals surface area contributed by atoms with Gasteiger partial charge in [0.1, 0.15) is 23.4 Å². The Hall–Kier alpha value is -2.77. The lowest BCUT2D eigenvalue weighted by molar-refractivity contribution is -0.148. The first-order valence-corrected chi connectivity index (χ1v) is 12.5. The van der Waals surface area contributed by atoms with Gasteiger partial charge < -0.3 is 25.4 Å². The van der Waals surface area contributed by atoms with Crippen molar-refractivity contribution in [2.45, 2.75) is 105 Å². The Kier molecular flexibility index (Phi) is 11.1. The summed E-state index contributed by atoms with van der Waals surface area (Å²) in [7, 11) is 0. The Labute approximate surface area is 210 Å². The molecule has 0 bridgehead atoms. The van der Waals surface area contributed by atoms with E-state index in [0.717, 1.165) is 12.8 Å². The number of amides is 3. The van der Waals surface area contributed by atoms with Gasteiger partial charge in [-0.1, -0.05) is 39.3 Å². The van der Waals surface area contributed by atoms with Crippen LogP contribution in [0.5, 0.6) is 5.75 Å². The number of nitrogens with one attached hydrogen (secondary N) is 2. The van der Waals surface area contributed by atoms with E-state index in [1.165, 1.54) is 17.0 Å². The van der Waals surface area contributed by atoms with Gasteiger partial charge in [-0.15, -0.1) is 0 Å². The number of benzene rings is 1. The van der Waals surface area contributed by atoms with Crippen LogP contribution in [-0.4, -0.2) is 51.6 Å². The highest BCUT2D eigenvalue weighted by Gasteiger charge is 2.42. The van der Waals surface area contributed by atoms with Crippen LogP contribution in [0.3, 0.4) is 0 Å². The molecule has 1 aromatic rings. The van der Waals surface area contributed by atoms with Crippen molar-refractivity contribution in [3.8, 4) is 5.75 Å². The molecular formula is C27H45N3O5. The number of alkyl carbamates (subject to hydrolysis) is 1. The normalized spacial score (nSPS) is 13.7. The molecule has 1 rings (SSSR count). The highest BCUT2D eigenvalue weighted by molar-refractivity contribution is 5.92. The number of phenols is 1. The molecule has 0 fully saturated rings. The van der Waals surface area contributed by atoms with Crippen LogP contribution >= 0.6 is 0 Å². The van der Waals surface area contributed by atoms with Gasteiger partial charge in [0.05, 0.1) is 0 Å². The van der Waals surface area contributed by atoms with Gasteiger partial charge >= 0.3 is 6.09 Å². The van der Waals surface area contributed by atoms with Crippen LogP contribution in [0.15, 0.2) is 24.3 Å². The summed E-state index contributed by atoms with van der Waals surface area (Å²) in [4.78, 5) is 41.7. The number of phenolic OH excluding ortho intramolecular Hbond substituents is 1. The molecule has 0 radical (unpaired) electrons. The second-order valence-corrected chi connectivity index (χ2v) is 11.3. The topological polar surface area (TPSA) is 108 Å². The zero-order valence-corrected chi connectivity index (χ0v) is 22.9.